The molecule has 3 aromatic rings. The summed E-state index contributed by atoms with van der Waals surface area (Å²) in [5, 5.41) is 2.66. The smallest absolute Gasteiger partial charge is 0.183 e. The minimum Gasteiger partial charge on any atom is -0.497 e. The maximum atomic E-state index is 11.9. The monoisotopic (exact) mass is 304 g/mol. The van der Waals surface area contributed by atoms with Crippen molar-refractivity contribution < 1.29 is 9.53 Å². The van der Waals surface area contributed by atoms with Crippen LogP contribution in [0.25, 0.3) is 11.0 Å². The quantitative estimate of drug-likeness (QED) is 0.578. The van der Waals surface area contributed by atoms with E-state index in [1.807, 2.05) is 35.7 Å². The van der Waals surface area contributed by atoms with Gasteiger partial charge in [0.1, 0.15) is 5.75 Å². The van der Waals surface area contributed by atoms with Gasteiger partial charge >= 0.3 is 0 Å². The van der Waals surface area contributed by atoms with Crippen molar-refractivity contribution in [2.24, 2.45) is 0 Å². The first-order valence-corrected chi connectivity index (χ1v) is 7.86. The van der Waals surface area contributed by atoms with Gasteiger partial charge in [-0.25, -0.2) is 4.98 Å². The van der Waals surface area contributed by atoms with E-state index in [2.05, 4.69) is 9.97 Å². The van der Waals surface area contributed by atoms with Gasteiger partial charge < -0.3 is 9.72 Å². The van der Waals surface area contributed by atoms with Gasteiger partial charge in [-0.05, 0) is 23.6 Å². The molecule has 102 valence electrons. The lowest BCUT2D eigenvalue weighted by molar-refractivity contribution is 0.102. The number of thiophene rings is 1. The minimum atomic E-state index is 0.128. The minimum absolute atomic E-state index is 0.128. The summed E-state index contributed by atoms with van der Waals surface area (Å²) in [6.45, 7) is 0. The van der Waals surface area contributed by atoms with Crippen molar-refractivity contribution in [1.29, 1.82) is 0 Å². The number of ether oxygens (including phenoxy) is 1. The normalized spacial score (nSPS) is 10.8. The highest BCUT2D eigenvalue weighted by Gasteiger charge is 2.10. The average Bonchev–Trinajstić information content (AvgIpc) is 3.12. The predicted octanol–water partition coefficient (Wildman–Crippen LogP) is 3.61. The molecule has 1 N–H and O–H groups in total. The lowest BCUT2D eigenvalue weighted by Gasteiger charge is -1.96. The van der Waals surface area contributed by atoms with Crippen LogP contribution in [0.1, 0.15) is 9.67 Å². The van der Waals surface area contributed by atoms with Crippen LogP contribution in [0.4, 0.5) is 0 Å². The number of aromatic amines is 1. The summed E-state index contributed by atoms with van der Waals surface area (Å²) in [5.41, 5.74) is 1.78. The number of fused-ring (bicyclic) bond motifs is 1. The Morgan fingerprint density at radius 1 is 1.45 bits per heavy atom. The van der Waals surface area contributed by atoms with E-state index in [0.717, 1.165) is 26.8 Å². The highest BCUT2D eigenvalue weighted by atomic mass is 32.2. The molecule has 0 bridgehead atoms. The Morgan fingerprint density at radius 3 is 3.10 bits per heavy atom. The molecule has 6 heteroatoms. The Bertz CT molecular complexity index is 735. The van der Waals surface area contributed by atoms with Crippen LogP contribution in [0, 0.1) is 0 Å². The van der Waals surface area contributed by atoms with Crippen molar-refractivity contribution in [2.75, 3.05) is 12.9 Å². The predicted molar refractivity (Wildman–Crippen MR) is 82.0 cm³/mol. The Hall–Kier alpha value is -1.79. The summed E-state index contributed by atoms with van der Waals surface area (Å²) >= 11 is 2.88. The van der Waals surface area contributed by atoms with Crippen molar-refractivity contribution in [2.45, 2.75) is 5.16 Å². The van der Waals surface area contributed by atoms with Gasteiger partial charge in [0, 0.05) is 6.07 Å². The van der Waals surface area contributed by atoms with Crippen molar-refractivity contribution in [3.05, 3.63) is 40.6 Å². The van der Waals surface area contributed by atoms with Crippen molar-refractivity contribution in [3.8, 4) is 5.75 Å². The number of hydrogen-bond acceptors (Lipinski definition) is 5. The standard InChI is InChI=1S/C14H12N2O2S2/c1-18-9-4-5-10-11(7-9)16-14(15-10)20-8-12(17)13-3-2-6-19-13/h2-7H,8H2,1H3,(H,15,16). The second-order valence-electron chi connectivity index (χ2n) is 4.11. The summed E-state index contributed by atoms with van der Waals surface area (Å²) in [7, 11) is 1.63. The van der Waals surface area contributed by atoms with Crippen LogP contribution in [0.15, 0.2) is 40.9 Å². The second kappa shape index (κ2) is 5.68. The number of nitrogens with zero attached hydrogens (tertiary/aromatic N) is 1. The third-order valence-electron chi connectivity index (χ3n) is 2.80. The number of hydrogen-bond donors (Lipinski definition) is 1. The molecule has 3 rings (SSSR count). The lowest BCUT2D eigenvalue weighted by atomic mass is 10.3. The number of carbonyl (C=O) groups excluding carboxylic acids is 1. The first kappa shape index (κ1) is 13.2. The molecule has 0 fully saturated rings. The topological polar surface area (TPSA) is 55.0 Å². The molecule has 4 nitrogen and oxygen atoms in total. The number of benzene rings is 1. The molecule has 0 saturated heterocycles. The lowest BCUT2D eigenvalue weighted by Crippen LogP contribution is -1.99. The fourth-order valence-corrected chi connectivity index (χ4v) is 3.33. The first-order valence-electron chi connectivity index (χ1n) is 5.99. The summed E-state index contributed by atoms with van der Waals surface area (Å²) in [6.07, 6.45) is 0. The molecule has 0 unspecified atom stereocenters. The van der Waals surface area contributed by atoms with E-state index in [4.69, 9.17) is 4.74 Å². The van der Waals surface area contributed by atoms with E-state index < -0.39 is 0 Å². The van der Waals surface area contributed by atoms with Gasteiger partial charge in [0.05, 0.1) is 28.8 Å². The number of aromatic nitrogens is 2. The largest absolute Gasteiger partial charge is 0.497 e. The van der Waals surface area contributed by atoms with Crippen LogP contribution < -0.4 is 4.74 Å². The molecule has 20 heavy (non-hydrogen) atoms. The Balaban J connectivity index is 1.73. The van der Waals surface area contributed by atoms with E-state index in [1.54, 1.807) is 7.11 Å². The summed E-state index contributed by atoms with van der Waals surface area (Å²) in [5.74, 6) is 1.30. The van der Waals surface area contributed by atoms with Crippen LogP contribution >= 0.6 is 23.1 Å². The zero-order chi connectivity index (χ0) is 13.9. The van der Waals surface area contributed by atoms with E-state index in [1.165, 1.54) is 23.1 Å². The van der Waals surface area contributed by atoms with Gasteiger partial charge in [0.25, 0.3) is 0 Å². The molecule has 0 spiro atoms. The van der Waals surface area contributed by atoms with Crippen LogP contribution in [-0.4, -0.2) is 28.6 Å². The van der Waals surface area contributed by atoms with Crippen LogP contribution in [0.5, 0.6) is 5.75 Å². The molecular weight excluding hydrogens is 292 g/mol. The molecule has 0 aliphatic heterocycles. The Kier molecular flexibility index (Phi) is 3.75. The second-order valence-corrected chi connectivity index (χ2v) is 6.03. The number of nitrogens with one attached hydrogen (secondary N) is 1. The van der Waals surface area contributed by atoms with E-state index in [-0.39, 0.29) is 5.78 Å². The summed E-state index contributed by atoms with van der Waals surface area (Å²) in [4.78, 5) is 20.3. The molecular formula is C14H12N2O2S2. The maximum absolute atomic E-state index is 11.9. The van der Waals surface area contributed by atoms with E-state index >= 15 is 0 Å². The molecule has 0 radical (unpaired) electrons. The molecule has 0 amide bonds. The summed E-state index contributed by atoms with van der Waals surface area (Å²) in [6, 6.07) is 9.39. The number of ketones is 1. The molecule has 1 aromatic carbocycles. The summed E-state index contributed by atoms with van der Waals surface area (Å²) < 4.78 is 5.17. The van der Waals surface area contributed by atoms with Crippen LogP contribution in [0.3, 0.4) is 0 Å². The Labute approximate surface area is 124 Å². The fraction of sp³-hybridized carbons (Fsp3) is 0.143. The highest BCUT2D eigenvalue weighted by Crippen LogP contribution is 2.24. The maximum Gasteiger partial charge on any atom is 0.183 e. The van der Waals surface area contributed by atoms with Crippen LogP contribution in [0.2, 0.25) is 0 Å². The van der Waals surface area contributed by atoms with Crippen molar-refractivity contribution in [1.82, 2.24) is 9.97 Å². The van der Waals surface area contributed by atoms with Gasteiger partial charge in [-0.2, -0.15) is 0 Å². The molecule has 2 aromatic heterocycles. The molecule has 0 atom stereocenters. The zero-order valence-electron chi connectivity index (χ0n) is 10.8. The molecule has 2 heterocycles. The number of H-pyrrole nitrogens is 1. The SMILES string of the molecule is COc1ccc2nc(SCC(=O)c3cccs3)[nH]c2c1. The molecule has 0 saturated carbocycles. The van der Waals surface area contributed by atoms with Crippen LogP contribution in [-0.2, 0) is 0 Å². The zero-order valence-corrected chi connectivity index (χ0v) is 12.4. The number of methoxy groups -OCH3 is 1. The number of Topliss-reactive ketones (excluding diaryl/α,β-unsaturated/α-hetero) is 1. The molecule has 0 aliphatic carbocycles. The van der Waals surface area contributed by atoms with Gasteiger partial charge in [0.15, 0.2) is 10.9 Å². The highest BCUT2D eigenvalue weighted by molar-refractivity contribution is 7.99. The third-order valence-corrected chi connectivity index (χ3v) is 4.59. The van der Waals surface area contributed by atoms with Gasteiger partial charge in [-0.3, -0.25) is 4.79 Å². The van der Waals surface area contributed by atoms with Gasteiger partial charge in [-0.1, -0.05) is 17.8 Å². The fourth-order valence-electron chi connectivity index (χ4n) is 1.80. The van der Waals surface area contributed by atoms with Crippen molar-refractivity contribution >= 4 is 39.9 Å². The van der Waals surface area contributed by atoms with E-state index in [9.17, 15) is 4.79 Å². The van der Waals surface area contributed by atoms with Crippen molar-refractivity contribution in [3.63, 3.8) is 0 Å². The number of rotatable bonds is 5. The number of carbonyl (C=O) groups is 1. The van der Waals surface area contributed by atoms with Gasteiger partial charge in [0.2, 0.25) is 0 Å². The average molecular weight is 304 g/mol. The first-order chi connectivity index (χ1) is 9.76. The number of thioether (sulfide) groups is 1. The number of imidazole rings is 1. The Morgan fingerprint density at radius 2 is 2.35 bits per heavy atom. The van der Waals surface area contributed by atoms with Gasteiger partial charge in [-0.15, -0.1) is 11.3 Å². The van der Waals surface area contributed by atoms with E-state index in [0.29, 0.717) is 5.75 Å². The molecule has 0 aliphatic rings. The third kappa shape index (κ3) is 2.71.